The van der Waals surface area contributed by atoms with Gasteiger partial charge in [-0.05, 0) is 32.1 Å². The highest BCUT2D eigenvalue weighted by atomic mass is 32.1. The number of aromatic amines is 2. The van der Waals surface area contributed by atoms with Gasteiger partial charge >= 0.3 is 0 Å². The van der Waals surface area contributed by atoms with E-state index in [2.05, 4.69) is 28.8 Å². The van der Waals surface area contributed by atoms with Crippen LogP contribution >= 0.6 is 24.4 Å². The van der Waals surface area contributed by atoms with Crippen molar-refractivity contribution in [1.29, 1.82) is 0 Å². The molecule has 0 bridgehead atoms. The van der Waals surface area contributed by atoms with Crippen LogP contribution in [0, 0.1) is 9.41 Å². The van der Waals surface area contributed by atoms with Gasteiger partial charge in [-0.25, -0.2) is 4.98 Å². The van der Waals surface area contributed by atoms with Crippen molar-refractivity contribution in [3.05, 3.63) is 26.7 Å². The molecular weight excluding hydrogens is 266 g/mol. The van der Waals surface area contributed by atoms with Crippen molar-refractivity contribution in [2.75, 3.05) is 0 Å². The number of H-pyrrole nitrogens is 2. The third-order valence-electron chi connectivity index (χ3n) is 3.11. The Kier molecular flexibility index (Phi) is 2.62. The van der Waals surface area contributed by atoms with Gasteiger partial charge in [0.2, 0.25) is 0 Å². The maximum atomic E-state index is 5.79. The molecule has 0 radical (unpaired) electrons. The Hall–Kier alpha value is -1.11. The summed E-state index contributed by atoms with van der Waals surface area (Å²) in [4.78, 5) is 10.6. The first-order valence-electron chi connectivity index (χ1n) is 5.74. The zero-order valence-electron chi connectivity index (χ0n) is 10.2. The summed E-state index contributed by atoms with van der Waals surface area (Å²) in [6.07, 6.45) is 0.796. The van der Waals surface area contributed by atoms with Crippen LogP contribution in [0.4, 0.5) is 0 Å². The molecular formula is C12H13N3OS2. The van der Waals surface area contributed by atoms with Gasteiger partial charge in [-0.1, -0.05) is 12.2 Å². The van der Waals surface area contributed by atoms with Crippen molar-refractivity contribution in [1.82, 2.24) is 15.0 Å². The molecule has 2 aromatic rings. The van der Waals surface area contributed by atoms with Crippen molar-refractivity contribution in [3.63, 3.8) is 0 Å². The summed E-state index contributed by atoms with van der Waals surface area (Å²) in [6.45, 7) is 4.72. The molecule has 1 aliphatic heterocycles. The Bertz CT molecular complexity index is 745. The summed E-state index contributed by atoms with van der Waals surface area (Å²) >= 11 is 10.4. The van der Waals surface area contributed by atoms with Crippen LogP contribution < -0.4 is 0 Å². The monoisotopic (exact) mass is 279 g/mol. The van der Waals surface area contributed by atoms with E-state index in [-0.39, 0.29) is 5.60 Å². The van der Waals surface area contributed by atoms with Crippen LogP contribution in [0.5, 0.6) is 0 Å². The molecule has 0 fully saturated rings. The molecule has 3 rings (SSSR count). The van der Waals surface area contributed by atoms with Gasteiger partial charge in [0.15, 0.2) is 4.77 Å². The number of hydrogen-bond donors (Lipinski definition) is 2. The van der Waals surface area contributed by atoms with E-state index in [4.69, 9.17) is 29.2 Å². The molecule has 6 heteroatoms. The lowest BCUT2D eigenvalue weighted by Gasteiger charge is -2.31. The molecule has 4 nitrogen and oxygen atoms in total. The molecule has 0 saturated carbocycles. The molecule has 0 aromatic carbocycles. The standard InChI is InChI=1S/C12H13N3OS2/c1-12(2)4-8-6(5-16-12)3-7-9(13-8)14-11(18)15-10(7)17/h3H,4-5H2,1-2H3,(H2,13,14,15,17,18). The van der Waals surface area contributed by atoms with Gasteiger partial charge in [-0.2, -0.15) is 0 Å². The van der Waals surface area contributed by atoms with E-state index >= 15 is 0 Å². The SMILES string of the molecule is CC1(C)Cc2nc3[nH]c(=S)[nH]c(=S)c3cc2CO1. The second kappa shape index (κ2) is 3.94. The van der Waals surface area contributed by atoms with E-state index in [1.54, 1.807) is 0 Å². The molecule has 3 heterocycles. The smallest absolute Gasteiger partial charge is 0.177 e. The van der Waals surface area contributed by atoms with Gasteiger partial charge in [0.25, 0.3) is 0 Å². The van der Waals surface area contributed by atoms with Crippen LogP contribution in [-0.2, 0) is 17.8 Å². The van der Waals surface area contributed by atoms with E-state index in [1.807, 2.05) is 6.07 Å². The predicted molar refractivity (Wildman–Crippen MR) is 74.7 cm³/mol. The zero-order valence-corrected chi connectivity index (χ0v) is 11.8. The summed E-state index contributed by atoms with van der Waals surface area (Å²) < 4.78 is 6.91. The fourth-order valence-electron chi connectivity index (χ4n) is 2.18. The first-order valence-corrected chi connectivity index (χ1v) is 6.55. The fraction of sp³-hybridized carbons (Fsp3) is 0.417. The molecule has 2 aromatic heterocycles. The highest BCUT2D eigenvalue weighted by Gasteiger charge is 2.27. The van der Waals surface area contributed by atoms with Gasteiger partial charge < -0.3 is 14.7 Å². The summed E-state index contributed by atoms with van der Waals surface area (Å²) in [7, 11) is 0. The molecule has 1 aliphatic rings. The Morgan fingerprint density at radius 3 is 2.89 bits per heavy atom. The lowest BCUT2D eigenvalue weighted by molar-refractivity contribution is -0.0411. The average molecular weight is 279 g/mol. The number of pyridine rings is 1. The fourth-order valence-corrected chi connectivity index (χ4v) is 2.70. The predicted octanol–water partition coefficient (Wildman–Crippen LogP) is 3.20. The Labute approximate surface area is 114 Å². The number of aromatic nitrogens is 3. The Balaban J connectivity index is 2.29. The van der Waals surface area contributed by atoms with Gasteiger partial charge in [-0.3, -0.25) is 0 Å². The lowest BCUT2D eigenvalue weighted by Crippen LogP contribution is -2.32. The van der Waals surface area contributed by atoms with Gasteiger partial charge in [0.05, 0.1) is 23.3 Å². The molecule has 0 unspecified atom stereocenters. The van der Waals surface area contributed by atoms with Crippen molar-refractivity contribution in [3.8, 4) is 0 Å². The van der Waals surface area contributed by atoms with E-state index < -0.39 is 0 Å². The molecule has 18 heavy (non-hydrogen) atoms. The van der Waals surface area contributed by atoms with E-state index in [9.17, 15) is 0 Å². The van der Waals surface area contributed by atoms with Crippen LogP contribution in [0.15, 0.2) is 6.07 Å². The molecule has 0 aliphatic carbocycles. The van der Waals surface area contributed by atoms with Crippen LogP contribution in [0.2, 0.25) is 0 Å². The lowest BCUT2D eigenvalue weighted by atomic mass is 9.95. The number of hydrogen-bond acceptors (Lipinski definition) is 4. The van der Waals surface area contributed by atoms with Crippen molar-refractivity contribution >= 4 is 35.5 Å². The van der Waals surface area contributed by atoms with E-state index in [0.29, 0.717) is 16.0 Å². The topological polar surface area (TPSA) is 53.7 Å². The maximum Gasteiger partial charge on any atom is 0.177 e. The van der Waals surface area contributed by atoms with Crippen LogP contribution in [0.25, 0.3) is 11.0 Å². The molecule has 0 spiro atoms. The van der Waals surface area contributed by atoms with E-state index in [0.717, 1.165) is 28.7 Å². The van der Waals surface area contributed by atoms with Crippen LogP contribution in [0.1, 0.15) is 25.1 Å². The van der Waals surface area contributed by atoms with E-state index in [1.165, 1.54) is 0 Å². The highest BCUT2D eigenvalue weighted by Crippen LogP contribution is 2.28. The molecule has 0 saturated heterocycles. The van der Waals surface area contributed by atoms with Crippen LogP contribution in [-0.4, -0.2) is 20.6 Å². The van der Waals surface area contributed by atoms with Crippen LogP contribution in [0.3, 0.4) is 0 Å². The summed E-state index contributed by atoms with van der Waals surface area (Å²) in [5.41, 5.74) is 2.75. The minimum absolute atomic E-state index is 0.165. The summed E-state index contributed by atoms with van der Waals surface area (Å²) in [5.74, 6) is 0. The summed E-state index contributed by atoms with van der Waals surface area (Å²) in [5, 5.41) is 0.889. The first kappa shape index (κ1) is 12.0. The van der Waals surface area contributed by atoms with Crippen molar-refractivity contribution in [2.24, 2.45) is 0 Å². The summed E-state index contributed by atoms with van der Waals surface area (Å²) in [6, 6.07) is 2.04. The number of rotatable bonds is 0. The minimum atomic E-state index is -0.165. The number of nitrogens with one attached hydrogen (secondary N) is 2. The highest BCUT2D eigenvalue weighted by molar-refractivity contribution is 7.72. The van der Waals surface area contributed by atoms with Crippen molar-refractivity contribution < 1.29 is 4.74 Å². The largest absolute Gasteiger partial charge is 0.370 e. The zero-order chi connectivity index (χ0) is 12.9. The van der Waals surface area contributed by atoms with Gasteiger partial charge in [-0.15, -0.1) is 0 Å². The van der Waals surface area contributed by atoms with Crippen molar-refractivity contribution in [2.45, 2.75) is 32.5 Å². The maximum absolute atomic E-state index is 5.79. The second-order valence-electron chi connectivity index (χ2n) is 5.12. The number of ether oxygens (including phenoxy) is 1. The Morgan fingerprint density at radius 1 is 1.33 bits per heavy atom. The third kappa shape index (κ3) is 2.00. The Morgan fingerprint density at radius 2 is 2.11 bits per heavy atom. The molecule has 94 valence electrons. The number of nitrogens with zero attached hydrogens (tertiary/aromatic N) is 1. The number of fused-ring (bicyclic) bond motifs is 2. The quantitative estimate of drug-likeness (QED) is 0.727. The average Bonchev–Trinajstić information content (AvgIpc) is 2.25. The normalized spacial score (nSPS) is 17.7. The minimum Gasteiger partial charge on any atom is -0.370 e. The van der Waals surface area contributed by atoms with Gasteiger partial charge in [0.1, 0.15) is 10.3 Å². The first-order chi connectivity index (χ1) is 8.44. The molecule has 0 atom stereocenters. The molecule has 2 N–H and O–H groups in total. The van der Waals surface area contributed by atoms with Gasteiger partial charge in [0, 0.05) is 12.0 Å². The third-order valence-corrected chi connectivity index (χ3v) is 3.63. The second-order valence-corrected chi connectivity index (χ2v) is 5.94. The molecule has 0 amide bonds.